The molecule has 44 heavy (non-hydrogen) atoms. The normalized spacial score (nSPS) is 18.7. The van der Waals surface area contributed by atoms with Gasteiger partial charge in [-0.2, -0.15) is 0 Å². The van der Waals surface area contributed by atoms with Crippen molar-refractivity contribution in [2.24, 2.45) is 11.7 Å². The summed E-state index contributed by atoms with van der Waals surface area (Å²) < 4.78 is 5.26. The van der Waals surface area contributed by atoms with Crippen LogP contribution in [0.25, 0.3) is 0 Å². The second kappa shape index (κ2) is 12.3. The molecular formula is C30H33N5O9. The van der Waals surface area contributed by atoms with E-state index in [9.17, 15) is 39.0 Å². The number of ketones is 2. The lowest BCUT2D eigenvalue weighted by Crippen LogP contribution is -2.47. The number of carbonyl (C=O) groups excluding carboxylic acids is 6. The molecule has 0 spiro atoms. The van der Waals surface area contributed by atoms with Gasteiger partial charge in [0.2, 0.25) is 29.4 Å². The Labute approximate surface area is 251 Å². The van der Waals surface area contributed by atoms with Gasteiger partial charge in [-0.3, -0.25) is 28.8 Å². The fraction of sp³-hybridized carbons (Fsp3) is 0.400. The number of methoxy groups -OCH3 is 1. The highest BCUT2D eigenvalue weighted by atomic mass is 16.5. The Morgan fingerprint density at radius 1 is 0.977 bits per heavy atom. The Kier molecular flexibility index (Phi) is 8.54. The van der Waals surface area contributed by atoms with Crippen LogP contribution in [-0.2, 0) is 32.0 Å². The Morgan fingerprint density at radius 2 is 1.70 bits per heavy atom. The van der Waals surface area contributed by atoms with Crippen molar-refractivity contribution >= 4 is 35.2 Å². The van der Waals surface area contributed by atoms with Gasteiger partial charge in [-0.25, -0.2) is 0 Å². The van der Waals surface area contributed by atoms with E-state index in [2.05, 4.69) is 16.0 Å². The van der Waals surface area contributed by atoms with Crippen LogP contribution >= 0.6 is 0 Å². The standard InChI is InChI=1S/C30H33N5O9/c1-44-19-4-2-3-16-22(19)28(41)24-23(26(16)39)27(40)17-11-14(5-6-15(17)25(24)38)29(42)32-8-10-35-9-7-18(30(35)43)34-21(37)13-33-20(36)12-31/h2-4,14,18,38,40H,5-13,31H2,1H3,(H,32,42)(H,33,36)(H,34,37). The van der Waals surface area contributed by atoms with E-state index < -0.39 is 41.1 Å². The van der Waals surface area contributed by atoms with Crippen molar-refractivity contribution in [1.29, 1.82) is 0 Å². The number of likely N-dealkylation sites (tertiary alicyclic amines) is 1. The number of nitrogens with one attached hydrogen (secondary N) is 3. The molecule has 4 amide bonds. The molecular weight excluding hydrogens is 574 g/mol. The Hall–Kier alpha value is -4.98. The van der Waals surface area contributed by atoms with Crippen LogP contribution in [0.4, 0.5) is 0 Å². The molecule has 0 aromatic heterocycles. The summed E-state index contributed by atoms with van der Waals surface area (Å²) in [5, 5.41) is 30.0. The van der Waals surface area contributed by atoms with Gasteiger partial charge in [0.15, 0.2) is 5.78 Å². The first-order valence-electron chi connectivity index (χ1n) is 14.3. The van der Waals surface area contributed by atoms with Crippen LogP contribution in [0.3, 0.4) is 0 Å². The lowest BCUT2D eigenvalue weighted by atomic mass is 9.75. The molecule has 1 heterocycles. The SMILES string of the molecule is COc1cccc2c1C(=O)c1c(O)c3c(c(O)c1C2=O)CC(C(=O)NCCN1CCC(NC(=O)CNC(=O)CN)C1=O)CC3. The molecule has 2 aromatic carbocycles. The number of nitrogens with zero attached hydrogens (tertiary/aromatic N) is 1. The molecule has 3 aliphatic rings. The minimum absolute atomic E-state index is 0.0245. The number of phenols is 2. The van der Waals surface area contributed by atoms with Crippen molar-refractivity contribution in [1.82, 2.24) is 20.9 Å². The molecule has 1 saturated heterocycles. The summed E-state index contributed by atoms with van der Waals surface area (Å²) in [5.74, 6) is -4.07. The molecule has 0 radical (unpaired) electrons. The number of aromatic hydroxyl groups is 2. The summed E-state index contributed by atoms with van der Waals surface area (Å²) >= 11 is 0. The number of carbonyl (C=O) groups is 6. The Morgan fingerprint density at radius 3 is 2.43 bits per heavy atom. The first-order chi connectivity index (χ1) is 21.1. The van der Waals surface area contributed by atoms with Gasteiger partial charge >= 0.3 is 0 Å². The maximum Gasteiger partial charge on any atom is 0.245 e. The van der Waals surface area contributed by atoms with E-state index in [1.54, 1.807) is 6.07 Å². The van der Waals surface area contributed by atoms with Crippen molar-refractivity contribution in [2.75, 3.05) is 39.8 Å². The maximum absolute atomic E-state index is 13.4. The largest absolute Gasteiger partial charge is 0.507 e. The molecule has 5 rings (SSSR count). The van der Waals surface area contributed by atoms with Crippen molar-refractivity contribution < 1.29 is 43.7 Å². The maximum atomic E-state index is 13.4. The Bertz CT molecular complexity index is 1590. The second-order valence-electron chi connectivity index (χ2n) is 10.9. The number of amides is 4. The number of nitrogens with two attached hydrogens (primary N) is 1. The van der Waals surface area contributed by atoms with Crippen molar-refractivity contribution in [2.45, 2.75) is 31.7 Å². The van der Waals surface area contributed by atoms with Gasteiger partial charge in [0.25, 0.3) is 0 Å². The van der Waals surface area contributed by atoms with E-state index in [0.717, 1.165) is 0 Å². The predicted octanol–water partition coefficient (Wildman–Crippen LogP) is -1.11. The van der Waals surface area contributed by atoms with Gasteiger partial charge in [0, 0.05) is 42.2 Å². The minimum atomic E-state index is -0.730. The lowest BCUT2D eigenvalue weighted by molar-refractivity contribution is -0.133. The number of hydrogen-bond acceptors (Lipinski definition) is 10. The summed E-state index contributed by atoms with van der Waals surface area (Å²) in [4.78, 5) is 77.3. The van der Waals surface area contributed by atoms with Crippen LogP contribution < -0.4 is 26.4 Å². The van der Waals surface area contributed by atoms with E-state index in [1.165, 1.54) is 24.1 Å². The van der Waals surface area contributed by atoms with E-state index in [1.807, 2.05) is 0 Å². The molecule has 1 aliphatic heterocycles. The summed E-state index contributed by atoms with van der Waals surface area (Å²) in [6.45, 7) is 0.200. The molecule has 14 nitrogen and oxygen atoms in total. The summed E-state index contributed by atoms with van der Waals surface area (Å²) in [5.41, 5.74) is 5.28. The monoisotopic (exact) mass is 607 g/mol. The third kappa shape index (κ3) is 5.43. The molecule has 232 valence electrons. The number of benzene rings is 2. The molecule has 2 unspecified atom stereocenters. The van der Waals surface area contributed by atoms with Gasteiger partial charge in [-0.15, -0.1) is 0 Å². The highest BCUT2D eigenvalue weighted by molar-refractivity contribution is 6.31. The highest BCUT2D eigenvalue weighted by Gasteiger charge is 2.41. The van der Waals surface area contributed by atoms with Gasteiger partial charge < -0.3 is 41.5 Å². The van der Waals surface area contributed by atoms with Crippen molar-refractivity contribution in [3.05, 3.63) is 51.6 Å². The lowest BCUT2D eigenvalue weighted by Gasteiger charge is -2.29. The van der Waals surface area contributed by atoms with Crippen LogP contribution in [0.1, 0.15) is 55.8 Å². The zero-order chi connectivity index (χ0) is 31.7. The average molecular weight is 608 g/mol. The Balaban J connectivity index is 1.21. The minimum Gasteiger partial charge on any atom is -0.507 e. The van der Waals surface area contributed by atoms with Gasteiger partial charge in [-0.05, 0) is 31.7 Å². The number of fused-ring (bicyclic) bond motifs is 3. The second-order valence-corrected chi connectivity index (χ2v) is 10.9. The van der Waals surface area contributed by atoms with Crippen molar-refractivity contribution in [3.63, 3.8) is 0 Å². The number of ether oxygens (including phenoxy) is 1. The van der Waals surface area contributed by atoms with E-state index in [4.69, 9.17) is 10.5 Å². The third-order valence-corrected chi connectivity index (χ3v) is 8.34. The molecule has 14 heteroatoms. The van der Waals surface area contributed by atoms with Gasteiger partial charge in [0.05, 0.1) is 36.9 Å². The van der Waals surface area contributed by atoms with Crippen LogP contribution in [0.5, 0.6) is 17.2 Å². The molecule has 7 N–H and O–H groups in total. The topological polar surface area (TPSA) is 217 Å². The van der Waals surface area contributed by atoms with E-state index in [0.29, 0.717) is 24.9 Å². The molecule has 2 atom stereocenters. The molecule has 0 bridgehead atoms. The smallest absolute Gasteiger partial charge is 0.245 e. The summed E-state index contributed by atoms with van der Waals surface area (Å²) in [6.07, 6.45) is 0.939. The molecule has 0 saturated carbocycles. The van der Waals surface area contributed by atoms with Crippen LogP contribution in [0, 0.1) is 5.92 Å². The molecule has 2 aliphatic carbocycles. The van der Waals surface area contributed by atoms with Crippen LogP contribution in [0.15, 0.2) is 18.2 Å². The van der Waals surface area contributed by atoms with Crippen LogP contribution in [0.2, 0.25) is 0 Å². The van der Waals surface area contributed by atoms with Gasteiger partial charge in [0.1, 0.15) is 23.3 Å². The predicted molar refractivity (Wildman–Crippen MR) is 153 cm³/mol. The summed E-state index contributed by atoms with van der Waals surface area (Å²) in [6, 6.07) is 3.82. The number of rotatable bonds is 9. The van der Waals surface area contributed by atoms with Crippen LogP contribution in [-0.4, -0.2) is 96.2 Å². The third-order valence-electron chi connectivity index (χ3n) is 8.34. The number of phenolic OH excluding ortho intramolecular Hbond substituents is 2. The molecule has 1 fully saturated rings. The molecule has 2 aromatic rings. The zero-order valence-electron chi connectivity index (χ0n) is 24.0. The first kappa shape index (κ1) is 30.5. The van der Waals surface area contributed by atoms with E-state index in [-0.39, 0.29) is 90.2 Å². The first-order valence-corrected chi connectivity index (χ1v) is 14.3. The van der Waals surface area contributed by atoms with E-state index >= 15 is 0 Å². The fourth-order valence-corrected chi connectivity index (χ4v) is 6.08. The average Bonchev–Trinajstić information content (AvgIpc) is 3.37. The van der Waals surface area contributed by atoms with Gasteiger partial charge in [-0.1, -0.05) is 12.1 Å². The summed E-state index contributed by atoms with van der Waals surface area (Å²) in [7, 11) is 1.37. The fourth-order valence-electron chi connectivity index (χ4n) is 6.08. The van der Waals surface area contributed by atoms with Crippen molar-refractivity contribution in [3.8, 4) is 17.2 Å². The highest BCUT2D eigenvalue weighted by Crippen LogP contribution is 2.47. The zero-order valence-corrected chi connectivity index (χ0v) is 24.0. The quantitative estimate of drug-likeness (QED) is 0.161. The number of hydrogen-bond donors (Lipinski definition) is 6.